The molecule has 3 amide bonds. The molecular weight excluding hydrogens is 738 g/mol. The van der Waals surface area contributed by atoms with Gasteiger partial charge in [-0.25, -0.2) is 0 Å². The molecule has 3 heterocycles. The van der Waals surface area contributed by atoms with E-state index in [9.17, 15) is 19.5 Å². The number of carbonyl (C=O) groups excluding carboxylic acids is 3. The maximum absolute atomic E-state index is 15.0. The molecule has 1 fully saturated rings. The Labute approximate surface area is 314 Å². The van der Waals surface area contributed by atoms with E-state index < -0.39 is 31.5 Å². The van der Waals surface area contributed by atoms with Crippen molar-refractivity contribution in [3.8, 4) is 0 Å². The highest BCUT2D eigenvalue weighted by atomic mass is 79.9. The van der Waals surface area contributed by atoms with Crippen LogP contribution in [0.15, 0.2) is 102 Å². The van der Waals surface area contributed by atoms with E-state index >= 15 is 4.79 Å². The highest BCUT2D eigenvalue weighted by Gasteiger charge is 2.66. The van der Waals surface area contributed by atoms with Gasteiger partial charge in [0, 0.05) is 46.7 Å². The molecule has 0 unspecified atom stereocenters. The second kappa shape index (κ2) is 14.4. The molecule has 4 atom stereocenters. The van der Waals surface area contributed by atoms with Crippen LogP contribution in [0.3, 0.4) is 0 Å². The van der Waals surface area contributed by atoms with Crippen LogP contribution in [0.2, 0.25) is 18.6 Å². The molecule has 11 heteroatoms. The van der Waals surface area contributed by atoms with Crippen molar-refractivity contribution in [2.75, 3.05) is 23.0 Å². The van der Waals surface area contributed by atoms with Gasteiger partial charge in [-0.3, -0.25) is 19.3 Å². The molecule has 1 saturated heterocycles. The predicted molar refractivity (Wildman–Crippen MR) is 206 cm³/mol. The van der Waals surface area contributed by atoms with Crippen molar-refractivity contribution in [1.29, 1.82) is 0 Å². The smallest absolute Gasteiger partial charge is 0.264 e. The number of para-hydroxylation sites is 1. The topological polar surface area (TPSA) is 111 Å². The summed E-state index contributed by atoms with van der Waals surface area (Å²) >= 11 is 3.62. The second-order valence-corrected chi connectivity index (χ2v) is 19.6. The molecule has 4 aromatic rings. The molecule has 3 aliphatic heterocycles. The minimum atomic E-state index is -3.03. The van der Waals surface area contributed by atoms with Crippen LogP contribution in [0, 0.1) is 5.92 Å². The van der Waals surface area contributed by atoms with Crippen molar-refractivity contribution in [1.82, 2.24) is 4.90 Å². The molecule has 3 aliphatic rings. The Balaban J connectivity index is 1.21. The average Bonchev–Trinajstić information content (AvgIpc) is 3.54. The maximum atomic E-state index is 15.0. The van der Waals surface area contributed by atoms with E-state index in [1.807, 2.05) is 111 Å². The average molecular weight is 783 g/mol. The summed E-state index contributed by atoms with van der Waals surface area (Å²) in [5.74, 6) is -0.874. The number of hydrogen-bond acceptors (Lipinski definition) is 6. The third kappa shape index (κ3) is 6.53. The number of aliphatic hydroxyl groups is 1. The second-order valence-electron chi connectivity index (χ2n) is 14.7. The SMILES string of the molecule is C[C@@H]1[C@@H]([Si](C)(C)O)[C@H](CC(=O)N(CCO)Cc2ccccc2)O[C@@]12C(=O)N(Cc1cccc(N3C(=O)CCc4ccccc43)c1)c1ccc(Br)cc12. The predicted octanol–water partition coefficient (Wildman–Crippen LogP) is 6.82. The Hall–Kier alpha value is -4.13. The first-order valence-corrected chi connectivity index (χ1v) is 21.7. The fraction of sp³-hybridized carbons (Fsp3) is 0.341. The number of carbonyl (C=O) groups is 3. The molecule has 2 N–H and O–H groups in total. The van der Waals surface area contributed by atoms with Gasteiger partial charge in [0.15, 0.2) is 13.9 Å². The zero-order valence-electron chi connectivity index (χ0n) is 29.7. The molecule has 4 aromatic carbocycles. The van der Waals surface area contributed by atoms with Crippen molar-refractivity contribution in [3.05, 3.63) is 124 Å². The van der Waals surface area contributed by atoms with Gasteiger partial charge in [-0.05, 0) is 72.6 Å². The number of benzene rings is 4. The Bertz CT molecular complexity index is 2000. The molecule has 270 valence electrons. The van der Waals surface area contributed by atoms with Gasteiger partial charge < -0.3 is 24.4 Å². The molecule has 0 aliphatic carbocycles. The lowest BCUT2D eigenvalue weighted by Gasteiger charge is -2.33. The molecule has 52 heavy (non-hydrogen) atoms. The lowest BCUT2D eigenvalue weighted by atomic mass is 9.82. The van der Waals surface area contributed by atoms with Crippen molar-refractivity contribution in [2.24, 2.45) is 5.92 Å². The number of ether oxygens (including phenoxy) is 1. The van der Waals surface area contributed by atoms with Gasteiger partial charge in [-0.1, -0.05) is 83.5 Å². The third-order valence-corrected chi connectivity index (χ3v) is 13.9. The summed E-state index contributed by atoms with van der Waals surface area (Å²) in [5, 5.41) is 9.85. The van der Waals surface area contributed by atoms with Gasteiger partial charge in [-0.2, -0.15) is 0 Å². The van der Waals surface area contributed by atoms with Gasteiger partial charge in [0.2, 0.25) is 11.8 Å². The minimum Gasteiger partial charge on any atom is -0.432 e. The fourth-order valence-electron chi connectivity index (χ4n) is 8.61. The van der Waals surface area contributed by atoms with E-state index in [-0.39, 0.29) is 43.8 Å². The number of amides is 3. The summed E-state index contributed by atoms with van der Waals surface area (Å²) in [6.45, 7) is 6.17. The molecule has 0 aromatic heterocycles. The van der Waals surface area contributed by atoms with Crippen molar-refractivity contribution < 1.29 is 29.0 Å². The van der Waals surface area contributed by atoms with Gasteiger partial charge in [0.25, 0.3) is 5.91 Å². The summed E-state index contributed by atoms with van der Waals surface area (Å²) in [6, 6.07) is 31.0. The largest absolute Gasteiger partial charge is 0.432 e. The molecule has 0 saturated carbocycles. The van der Waals surface area contributed by atoms with Crippen molar-refractivity contribution in [2.45, 2.75) is 69.6 Å². The quantitative estimate of drug-likeness (QED) is 0.171. The van der Waals surface area contributed by atoms with Crippen LogP contribution in [0.1, 0.15) is 42.0 Å². The van der Waals surface area contributed by atoms with Crippen molar-refractivity contribution in [3.63, 3.8) is 0 Å². The molecule has 7 rings (SSSR count). The summed E-state index contributed by atoms with van der Waals surface area (Å²) in [4.78, 5) is 59.1. The summed E-state index contributed by atoms with van der Waals surface area (Å²) in [7, 11) is -3.03. The zero-order chi connectivity index (χ0) is 36.8. The number of hydrogen-bond donors (Lipinski definition) is 2. The van der Waals surface area contributed by atoms with Gasteiger partial charge >= 0.3 is 0 Å². The molecule has 9 nitrogen and oxygen atoms in total. The summed E-state index contributed by atoms with van der Waals surface area (Å²) in [6.07, 6.45) is 0.360. The summed E-state index contributed by atoms with van der Waals surface area (Å²) in [5.41, 5.74) is 4.06. The van der Waals surface area contributed by atoms with Crippen LogP contribution in [-0.2, 0) is 44.2 Å². The first-order chi connectivity index (χ1) is 24.9. The monoisotopic (exact) mass is 781 g/mol. The van der Waals surface area contributed by atoms with E-state index in [0.717, 1.165) is 32.5 Å². The Kier molecular flexibility index (Phi) is 10.0. The first-order valence-electron chi connectivity index (χ1n) is 17.9. The minimum absolute atomic E-state index is 0.0270. The van der Waals surface area contributed by atoms with Crippen LogP contribution in [0.5, 0.6) is 0 Å². The van der Waals surface area contributed by atoms with Crippen LogP contribution in [-0.4, -0.2) is 60.1 Å². The number of anilines is 3. The molecular formula is C41H44BrN3O6Si. The maximum Gasteiger partial charge on any atom is 0.264 e. The third-order valence-electron chi connectivity index (χ3n) is 10.9. The van der Waals surface area contributed by atoms with Gasteiger partial charge in [0.1, 0.15) is 0 Å². The number of halogens is 1. The zero-order valence-corrected chi connectivity index (χ0v) is 32.3. The number of aliphatic hydroxyl groups excluding tert-OH is 1. The lowest BCUT2D eigenvalue weighted by molar-refractivity contribution is -0.150. The van der Waals surface area contributed by atoms with E-state index in [1.54, 1.807) is 14.7 Å². The highest BCUT2D eigenvalue weighted by molar-refractivity contribution is 9.10. The van der Waals surface area contributed by atoms with E-state index in [0.29, 0.717) is 30.6 Å². The van der Waals surface area contributed by atoms with Crippen LogP contribution in [0.25, 0.3) is 0 Å². The van der Waals surface area contributed by atoms with Crippen molar-refractivity contribution >= 4 is 59.0 Å². The number of nitrogens with zero attached hydrogens (tertiary/aromatic N) is 3. The Morgan fingerprint density at radius 1 is 0.942 bits per heavy atom. The van der Waals surface area contributed by atoms with Gasteiger partial charge in [0.05, 0.1) is 37.1 Å². The number of fused-ring (bicyclic) bond motifs is 3. The van der Waals surface area contributed by atoms with Gasteiger partial charge in [-0.15, -0.1) is 0 Å². The number of rotatable bonds is 10. The normalized spacial score (nSPS) is 22.5. The standard InChI is InChI=1S/C41H44BrN3O6Si/c1-27-39(52(2,3)50)36(24-38(48)43(20-21-46)25-28-10-5-4-6-11-28)51-41(27)33-23-31(42)17-18-35(33)44(40(41)49)26-29-12-9-14-32(22-29)45-34-15-8-7-13-30(34)16-19-37(45)47/h4-15,17-18,22-23,27,36,39,46,50H,16,19-21,24-26H2,1-3H3/t27-,36+,39-,41+/m1/s1. The van der Waals surface area contributed by atoms with Crippen LogP contribution < -0.4 is 9.80 Å². The Morgan fingerprint density at radius 2 is 1.67 bits per heavy atom. The summed E-state index contributed by atoms with van der Waals surface area (Å²) < 4.78 is 7.73. The lowest BCUT2D eigenvalue weighted by Crippen LogP contribution is -2.46. The van der Waals surface area contributed by atoms with Crippen LogP contribution >= 0.6 is 15.9 Å². The van der Waals surface area contributed by atoms with E-state index in [2.05, 4.69) is 22.0 Å². The molecule has 1 spiro atoms. The fourth-order valence-corrected chi connectivity index (χ4v) is 11.5. The first kappa shape index (κ1) is 36.2. The van der Waals surface area contributed by atoms with E-state index in [4.69, 9.17) is 4.74 Å². The highest BCUT2D eigenvalue weighted by Crippen LogP contribution is 2.60. The van der Waals surface area contributed by atoms with E-state index in [1.165, 1.54) is 0 Å². The Morgan fingerprint density at radius 3 is 2.42 bits per heavy atom. The molecule has 0 radical (unpaired) electrons. The number of aryl methyl sites for hydroxylation is 1. The molecule has 0 bridgehead atoms. The van der Waals surface area contributed by atoms with Crippen LogP contribution in [0.4, 0.5) is 17.1 Å².